The van der Waals surface area contributed by atoms with Crippen LogP contribution >= 0.6 is 0 Å². The summed E-state index contributed by atoms with van der Waals surface area (Å²) in [5.41, 5.74) is 0. The third-order valence-electron chi connectivity index (χ3n) is 5.66. The van der Waals surface area contributed by atoms with Gasteiger partial charge >= 0.3 is 0 Å². The Balaban J connectivity index is 1.44. The summed E-state index contributed by atoms with van der Waals surface area (Å²) < 4.78 is 0. The molecule has 4 nitrogen and oxygen atoms in total. The van der Waals surface area contributed by atoms with Crippen LogP contribution in [-0.4, -0.2) is 35.8 Å². The monoisotopic (exact) mass is 262 g/mol. The number of nitrogens with zero attached hydrogens (tertiary/aromatic N) is 1. The summed E-state index contributed by atoms with van der Waals surface area (Å²) in [7, 11) is 0. The Kier molecular flexibility index (Phi) is 2.61. The van der Waals surface area contributed by atoms with Crippen molar-refractivity contribution < 1.29 is 9.59 Å². The van der Waals surface area contributed by atoms with Crippen LogP contribution in [0.5, 0.6) is 0 Å². The normalized spacial score (nSPS) is 41.8. The zero-order chi connectivity index (χ0) is 13.0. The van der Waals surface area contributed by atoms with Gasteiger partial charge in [0.1, 0.15) is 6.04 Å². The molecule has 2 bridgehead atoms. The van der Waals surface area contributed by atoms with E-state index in [1.54, 1.807) is 0 Å². The van der Waals surface area contributed by atoms with Crippen molar-refractivity contribution in [2.24, 2.45) is 23.7 Å². The van der Waals surface area contributed by atoms with E-state index in [9.17, 15) is 9.59 Å². The molecule has 104 valence electrons. The van der Waals surface area contributed by atoms with Crippen molar-refractivity contribution in [2.45, 2.75) is 44.6 Å². The Hall–Kier alpha value is -1.06. The highest BCUT2D eigenvalue weighted by Crippen LogP contribution is 2.48. The molecule has 4 aliphatic rings. The van der Waals surface area contributed by atoms with Gasteiger partial charge in [-0.05, 0) is 55.8 Å². The van der Waals surface area contributed by atoms with Crippen LogP contribution in [0.25, 0.3) is 0 Å². The van der Waals surface area contributed by atoms with Gasteiger partial charge in [-0.25, -0.2) is 0 Å². The molecular weight excluding hydrogens is 240 g/mol. The standard InChI is InChI=1S/C15H22N2O2/c18-13-8-17(15(19)14(16-13)10-3-4-10)7-12-6-9-1-2-11(12)5-9/h9-12,14H,1-8H2,(H,16,18). The summed E-state index contributed by atoms with van der Waals surface area (Å²) in [6.07, 6.45) is 7.57. The van der Waals surface area contributed by atoms with Crippen LogP contribution in [0.3, 0.4) is 0 Å². The molecule has 1 aliphatic heterocycles. The van der Waals surface area contributed by atoms with Crippen molar-refractivity contribution >= 4 is 11.8 Å². The second-order valence-electron chi connectivity index (χ2n) is 7.04. The summed E-state index contributed by atoms with van der Waals surface area (Å²) in [5, 5.41) is 2.89. The Morgan fingerprint density at radius 1 is 1.05 bits per heavy atom. The number of carbonyl (C=O) groups excluding carboxylic acids is 2. The first-order valence-corrected chi connectivity index (χ1v) is 7.79. The first kappa shape index (κ1) is 11.7. The molecule has 4 fully saturated rings. The second-order valence-corrected chi connectivity index (χ2v) is 7.04. The Morgan fingerprint density at radius 2 is 1.84 bits per heavy atom. The number of amides is 2. The maximum atomic E-state index is 12.5. The molecule has 19 heavy (non-hydrogen) atoms. The number of piperazine rings is 1. The van der Waals surface area contributed by atoms with Crippen LogP contribution in [0.15, 0.2) is 0 Å². The van der Waals surface area contributed by atoms with Crippen molar-refractivity contribution in [3.05, 3.63) is 0 Å². The Bertz CT molecular complexity index is 418. The summed E-state index contributed by atoms with van der Waals surface area (Å²) in [6.45, 7) is 1.12. The quantitative estimate of drug-likeness (QED) is 0.829. The third-order valence-corrected chi connectivity index (χ3v) is 5.66. The van der Waals surface area contributed by atoms with E-state index in [0.717, 1.165) is 31.2 Å². The zero-order valence-electron chi connectivity index (χ0n) is 11.3. The summed E-state index contributed by atoms with van der Waals surface area (Å²) in [4.78, 5) is 26.1. The summed E-state index contributed by atoms with van der Waals surface area (Å²) >= 11 is 0. The van der Waals surface area contributed by atoms with Crippen LogP contribution in [0.2, 0.25) is 0 Å². The van der Waals surface area contributed by atoms with E-state index in [1.807, 2.05) is 4.90 Å². The lowest BCUT2D eigenvalue weighted by Crippen LogP contribution is -2.59. The molecule has 4 rings (SSSR count). The summed E-state index contributed by atoms with van der Waals surface area (Å²) in [6, 6.07) is -0.208. The molecule has 0 radical (unpaired) electrons. The molecule has 0 aromatic rings. The molecular formula is C15H22N2O2. The molecule has 0 aromatic carbocycles. The topological polar surface area (TPSA) is 49.4 Å². The van der Waals surface area contributed by atoms with Crippen molar-refractivity contribution in [1.82, 2.24) is 10.2 Å². The van der Waals surface area contributed by atoms with Gasteiger partial charge < -0.3 is 10.2 Å². The lowest BCUT2D eigenvalue weighted by atomic mass is 9.88. The molecule has 3 aliphatic carbocycles. The van der Waals surface area contributed by atoms with Gasteiger partial charge in [-0.3, -0.25) is 9.59 Å². The highest BCUT2D eigenvalue weighted by atomic mass is 16.2. The van der Waals surface area contributed by atoms with Crippen LogP contribution in [-0.2, 0) is 9.59 Å². The fourth-order valence-electron chi connectivity index (χ4n) is 4.52. The van der Waals surface area contributed by atoms with E-state index in [1.165, 1.54) is 25.7 Å². The van der Waals surface area contributed by atoms with Crippen molar-refractivity contribution in [1.29, 1.82) is 0 Å². The van der Waals surface area contributed by atoms with Gasteiger partial charge in [0, 0.05) is 6.54 Å². The first-order valence-electron chi connectivity index (χ1n) is 7.79. The van der Waals surface area contributed by atoms with Gasteiger partial charge in [0.25, 0.3) is 0 Å². The van der Waals surface area contributed by atoms with Crippen LogP contribution in [0.4, 0.5) is 0 Å². The molecule has 2 amide bonds. The number of nitrogens with one attached hydrogen (secondary N) is 1. The van der Waals surface area contributed by atoms with E-state index in [-0.39, 0.29) is 24.4 Å². The molecule has 1 saturated heterocycles. The minimum absolute atomic E-state index is 0.0413. The molecule has 4 unspecified atom stereocenters. The van der Waals surface area contributed by atoms with Crippen LogP contribution in [0.1, 0.15) is 38.5 Å². The molecule has 1 heterocycles. The average molecular weight is 262 g/mol. The van der Waals surface area contributed by atoms with E-state index >= 15 is 0 Å². The van der Waals surface area contributed by atoms with E-state index < -0.39 is 0 Å². The number of fused-ring (bicyclic) bond motifs is 2. The Labute approximate surface area is 113 Å². The molecule has 0 aromatic heterocycles. The zero-order valence-corrected chi connectivity index (χ0v) is 11.3. The van der Waals surface area contributed by atoms with Gasteiger partial charge in [-0.15, -0.1) is 0 Å². The van der Waals surface area contributed by atoms with E-state index in [0.29, 0.717) is 11.8 Å². The van der Waals surface area contributed by atoms with Crippen LogP contribution in [0, 0.1) is 23.7 Å². The highest BCUT2D eigenvalue weighted by Gasteiger charge is 2.45. The molecule has 0 spiro atoms. The van der Waals surface area contributed by atoms with Gasteiger partial charge in [-0.2, -0.15) is 0 Å². The minimum atomic E-state index is -0.208. The molecule has 3 saturated carbocycles. The fraction of sp³-hybridized carbons (Fsp3) is 0.867. The van der Waals surface area contributed by atoms with E-state index in [2.05, 4.69) is 5.32 Å². The third kappa shape index (κ3) is 2.05. The second kappa shape index (κ2) is 4.22. The lowest BCUT2D eigenvalue weighted by molar-refractivity contribution is -0.145. The van der Waals surface area contributed by atoms with Crippen molar-refractivity contribution in [3.8, 4) is 0 Å². The van der Waals surface area contributed by atoms with E-state index in [4.69, 9.17) is 0 Å². The Morgan fingerprint density at radius 3 is 2.47 bits per heavy atom. The van der Waals surface area contributed by atoms with Crippen molar-refractivity contribution in [2.75, 3.05) is 13.1 Å². The van der Waals surface area contributed by atoms with Gasteiger partial charge in [0.05, 0.1) is 6.54 Å². The number of hydrogen-bond donors (Lipinski definition) is 1. The summed E-state index contributed by atoms with van der Waals surface area (Å²) in [5.74, 6) is 3.03. The molecule has 4 atom stereocenters. The number of rotatable bonds is 3. The van der Waals surface area contributed by atoms with Gasteiger partial charge in [0.15, 0.2) is 0 Å². The largest absolute Gasteiger partial charge is 0.342 e. The first-order chi connectivity index (χ1) is 9.20. The molecule has 4 heteroatoms. The maximum absolute atomic E-state index is 12.5. The average Bonchev–Trinajstić information content (AvgIpc) is 3.03. The lowest BCUT2D eigenvalue weighted by Gasteiger charge is -2.36. The van der Waals surface area contributed by atoms with Crippen LogP contribution < -0.4 is 5.32 Å². The number of hydrogen-bond acceptors (Lipinski definition) is 2. The molecule has 1 N–H and O–H groups in total. The predicted molar refractivity (Wildman–Crippen MR) is 70.2 cm³/mol. The fourth-order valence-corrected chi connectivity index (χ4v) is 4.52. The maximum Gasteiger partial charge on any atom is 0.245 e. The van der Waals surface area contributed by atoms with Gasteiger partial charge in [0.2, 0.25) is 11.8 Å². The van der Waals surface area contributed by atoms with Gasteiger partial charge in [-0.1, -0.05) is 6.42 Å². The van der Waals surface area contributed by atoms with Crippen molar-refractivity contribution in [3.63, 3.8) is 0 Å². The smallest absolute Gasteiger partial charge is 0.245 e. The SMILES string of the molecule is O=C1CN(CC2CC3CCC2C3)C(=O)C(C2CC2)N1. The minimum Gasteiger partial charge on any atom is -0.342 e. The highest BCUT2D eigenvalue weighted by molar-refractivity contribution is 5.95. The predicted octanol–water partition coefficient (Wildman–Crippen LogP) is 1.16. The number of carbonyl (C=O) groups is 2.